The van der Waals surface area contributed by atoms with Gasteiger partial charge in [0.2, 0.25) is 5.91 Å². The van der Waals surface area contributed by atoms with Gasteiger partial charge in [-0.1, -0.05) is 44.2 Å². The number of benzene rings is 2. The minimum absolute atomic E-state index is 0.0576. The maximum Gasteiger partial charge on any atom is 0.277 e. The number of fused-ring (bicyclic) bond motifs is 1. The third kappa shape index (κ3) is 3.69. The molecule has 2 heterocycles. The monoisotopic (exact) mass is 442 g/mol. The van der Waals surface area contributed by atoms with Crippen molar-refractivity contribution >= 4 is 23.2 Å². The van der Waals surface area contributed by atoms with Crippen molar-refractivity contribution in [2.24, 2.45) is 5.41 Å². The Balaban J connectivity index is 1.69. The molecule has 1 aliphatic carbocycles. The molecule has 0 radical (unpaired) electrons. The zero-order chi connectivity index (χ0) is 23.3. The van der Waals surface area contributed by atoms with E-state index in [1.54, 1.807) is 12.1 Å². The van der Waals surface area contributed by atoms with Gasteiger partial charge in [0.05, 0.1) is 11.3 Å². The summed E-state index contributed by atoms with van der Waals surface area (Å²) in [6.07, 6.45) is 1.15. The molecule has 1 amide bonds. The molecule has 1 atom stereocenters. The summed E-state index contributed by atoms with van der Waals surface area (Å²) in [5, 5.41) is 9.36. The van der Waals surface area contributed by atoms with Crippen LogP contribution >= 0.6 is 0 Å². The first-order valence-electron chi connectivity index (χ1n) is 11.0. The van der Waals surface area contributed by atoms with E-state index in [0.29, 0.717) is 35.5 Å². The lowest BCUT2D eigenvalue weighted by Crippen LogP contribution is -2.35. The van der Waals surface area contributed by atoms with E-state index in [1.165, 1.54) is 11.6 Å². The van der Waals surface area contributed by atoms with Crippen LogP contribution in [0.1, 0.15) is 50.7 Å². The molecular weight excluding hydrogens is 416 g/mol. The normalized spacial score (nSPS) is 18.9. The van der Waals surface area contributed by atoms with Crippen LogP contribution in [0.5, 0.6) is 0 Å². The number of allylic oxidation sites excluding steroid dienone is 2. The zero-order valence-electron chi connectivity index (χ0n) is 18.9. The van der Waals surface area contributed by atoms with E-state index in [9.17, 15) is 14.4 Å². The highest BCUT2D eigenvalue weighted by Gasteiger charge is 2.42. The van der Waals surface area contributed by atoms with Crippen LogP contribution < -0.4 is 16.2 Å². The molecule has 0 bridgehead atoms. The van der Waals surface area contributed by atoms with Gasteiger partial charge in [0.1, 0.15) is 5.82 Å². The molecule has 168 valence electrons. The van der Waals surface area contributed by atoms with Crippen molar-refractivity contribution in [1.82, 2.24) is 9.78 Å². The summed E-state index contributed by atoms with van der Waals surface area (Å²) in [6, 6.07) is 16.7. The van der Waals surface area contributed by atoms with Crippen molar-refractivity contribution in [2.75, 3.05) is 10.6 Å². The lowest BCUT2D eigenvalue weighted by molar-refractivity contribution is -0.118. The molecule has 0 saturated carbocycles. The number of aromatic amines is 1. The highest BCUT2D eigenvalue weighted by molar-refractivity contribution is 6.01. The van der Waals surface area contributed by atoms with Gasteiger partial charge in [-0.05, 0) is 41.7 Å². The van der Waals surface area contributed by atoms with Gasteiger partial charge in [-0.2, -0.15) is 0 Å². The molecular formula is C26H26N4O3. The van der Waals surface area contributed by atoms with Crippen molar-refractivity contribution in [3.63, 3.8) is 0 Å². The predicted molar refractivity (Wildman–Crippen MR) is 128 cm³/mol. The van der Waals surface area contributed by atoms with Gasteiger partial charge in [0.25, 0.3) is 5.56 Å². The average molecular weight is 443 g/mol. The maximum absolute atomic E-state index is 13.6. The molecule has 1 aliphatic heterocycles. The van der Waals surface area contributed by atoms with Crippen LogP contribution in [0.25, 0.3) is 5.69 Å². The topological polar surface area (TPSA) is 96.0 Å². The molecule has 0 saturated heterocycles. The van der Waals surface area contributed by atoms with E-state index < -0.39 is 5.92 Å². The number of para-hydroxylation sites is 1. The van der Waals surface area contributed by atoms with Crippen molar-refractivity contribution in [3.8, 4) is 5.69 Å². The SMILES string of the molecule is CC(=O)Nc1ccc(C2C3=C(CC(C)(C)CC3=O)Nc3[nH]n(-c4ccccc4)c(=O)c32)cc1. The number of hydrogen-bond acceptors (Lipinski definition) is 4. The second-order valence-corrected chi connectivity index (χ2v) is 9.57. The summed E-state index contributed by atoms with van der Waals surface area (Å²) in [7, 11) is 0. The van der Waals surface area contributed by atoms with E-state index in [0.717, 1.165) is 16.9 Å². The molecule has 1 unspecified atom stereocenters. The fourth-order valence-corrected chi connectivity index (χ4v) is 4.94. The van der Waals surface area contributed by atoms with Gasteiger partial charge < -0.3 is 10.6 Å². The third-order valence-corrected chi connectivity index (χ3v) is 6.28. The summed E-state index contributed by atoms with van der Waals surface area (Å²) >= 11 is 0. The molecule has 3 aromatic rings. The number of H-pyrrole nitrogens is 1. The van der Waals surface area contributed by atoms with Gasteiger partial charge in [-0.15, -0.1) is 0 Å². The summed E-state index contributed by atoms with van der Waals surface area (Å²) < 4.78 is 1.52. The second-order valence-electron chi connectivity index (χ2n) is 9.57. The molecule has 2 aromatic carbocycles. The number of aromatic nitrogens is 2. The van der Waals surface area contributed by atoms with Crippen molar-refractivity contribution < 1.29 is 9.59 Å². The third-order valence-electron chi connectivity index (χ3n) is 6.28. The number of carbonyl (C=O) groups is 2. The first-order valence-corrected chi connectivity index (χ1v) is 11.0. The Morgan fingerprint density at radius 2 is 1.73 bits per heavy atom. The highest BCUT2D eigenvalue weighted by Crippen LogP contribution is 2.47. The van der Waals surface area contributed by atoms with Gasteiger partial charge in [-0.25, -0.2) is 4.68 Å². The van der Waals surface area contributed by atoms with Crippen molar-refractivity contribution in [1.29, 1.82) is 0 Å². The van der Waals surface area contributed by atoms with Crippen LogP contribution in [-0.2, 0) is 9.59 Å². The van der Waals surface area contributed by atoms with Crippen molar-refractivity contribution in [2.45, 2.75) is 39.5 Å². The number of rotatable bonds is 3. The molecule has 0 spiro atoms. The standard InChI is InChI=1S/C26H26N4O3/c1-15(31)27-17-11-9-16(10-12-17)21-22-19(13-26(2,3)14-20(22)32)28-24-23(21)25(33)30(29-24)18-7-5-4-6-8-18/h4-12,21,28-29H,13-14H2,1-3H3,(H,27,31). The minimum atomic E-state index is -0.486. The van der Waals surface area contributed by atoms with E-state index in [4.69, 9.17) is 0 Å². The molecule has 2 aliphatic rings. The van der Waals surface area contributed by atoms with Crippen molar-refractivity contribution in [3.05, 3.63) is 87.3 Å². The summed E-state index contributed by atoms with van der Waals surface area (Å²) in [6.45, 7) is 5.63. The second kappa shape index (κ2) is 7.62. The first kappa shape index (κ1) is 21.0. The van der Waals surface area contributed by atoms with E-state index in [-0.39, 0.29) is 22.7 Å². The largest absolute Gasteiger partial charge is 0.343 e. The summed E-state index contributed by atoms with van der Waals surface area (Å²) in [5.41, 5.74) is 3.92. The van der Waals surface area contributed by atoms with Crippen LogP contribution in [0, 0.1) is 5.41 Å². The van der Waals surface area contributed by atoms with Gasteiger partial charge in [0, 0.05) is 36.2 Å². The maximum atomic E-state index is 13.6. The molecule has 7 heteroatoms. The molecule has 0 fully saturated rings. The van der Waals surface area contributed by atoms with Gasteiger partial charge >= 0.3 is 0 Å². The molecule has 3 N–H and O–H groups in total. The predicted octanol–water partition coefficient (Wildman–Crippen LogP) is 4.32. The number of hydrogen-bond donors (Lipinski definition) is 3. The number of ketones is 1. The van der Waals surface area contributed by atoms with Gasteiger partial charge in [0.15, 0.2) is 5.78 Å². The van der Waals surface area contributed by atoms with Gasteiger partial charge in [-0.3, -0.25) is 19.5 Å². The minimum Gasteiger partial charge on any atom is -0.343 e. The number of carbonyl (C=O) groups excluding carboxylic acids is 2. The van der Waals surface area contributed by atoms with E-state index in [2.05, 4.69) is 29.6 Å². The molecule has 33 heavy (non-hydrogen) atoms. The Labute approximate surface area is 191 Å². The van der Waals surface area contributed by atoms with E-state index >= 15 is 0 Å². The lowest BCUT2D eigenvalue weighted by Gasteiger charge is -2.37. The van der Waals surface area contributed by atoms with Crippen LogP contribution in [0.3, 0.4) is 0 Å². The number of anilines is 2. The summed E-state index contributed by atoms with van der Waals surface area (Å²) in [4.78, 5) is 38.4. The quantitative estimate of drug-likeness (QED) is 0.563. The number of amides is 1. The average Bonchev–Trinajstić information content (AvgIpc) is 3.08. The van der Waals surface area contributed by atoms with Crippen LogP contribution in [0.4, 0.5) is 11.5 Å². The Bertz CT molecular complexity index is 1340. The first-order chi connectivity index (χ1) is 15.7. The lowest BCUT2D eigenvalue weighted by atomic mass is 9.69. The number of Topliss-reactive ketones (excluding diaryl/α,β-unsaturated/α-hetero) is 1. The van der Waals surface area contributed by atoms with Crippen LogP contribution in [0.2, 0.25) is 0 Å². The number of nitrogens with one attached hydrogen (secondary N) is 3. The Hall–Kier alpha value is -3.87. The Morgan fingerprint density at radius 1 is 1.03 bits per heavy atom. The van der Waals surface area contributed by atoms with Crippen LogP contribution in [0.15, 0.2) is 70.7 Å². The Morgan fingerprint density at radius 3 is 2.39 bits per heavy atom. The van der Waals surface area contributed by atoms with Crippen LogP contribution in [-0.4, -0.2) is 21.5 Å². The fraction of sp³-hybridized carbons (Fsp3) is 0.269. The fourth-order valence-electron chi connectivity index (χ4n) is 4.94. The molecule has 1 aromatic heterocycles. The highest BCUT2D eigenvalue weighted by atomic mass is 16.1. The smallest absolute Gasteiger partial charge is 0.277 e. The number of nitrogens with zero attached hydrogens (tertiary/aromatic N) is 1. The summed E-state index contributed by atoms with van der Waals surface area (Å²) in [5.74, 6) is 0.0316. The molecule has 7 nitrogen and oxygen atoms in total. The Kier molecular flexibility index (Phi) is 4.85. The molecule has 5 rings (SSSR count). The van der Waals surface area contributed by atoms with E-state index in [1.807, 2.05) is 42.5 Å². The zero-order valence-corrected chi connectivity index (χ0v) is 18.9.